The van der Waals surface area contributed by atoms with E-state index >= 15 is 0 Å². The van der Waals surface area contributed by atoms with Crippen LogP contribution in [-0.4, -0.2) is 36.2 Å². The number of sulfonamides is 1. The van der Waals surface area contributed by atoms with E-state index in [2.05, 4.69) is 10.3 Å². The Labute approximate surface area is 145 Å². The Hall–Kier alpha value is -2.32. The monoisotopic (exact) mass is 363 g/mol. The van der Waals surface area contributed by atoms with Crippen molar-refractivity contribution in [2.45, 2.75) is 30.7 Å². The third-order valence-corrected chi connectivity index (χ3v) is 6.02. The molecule has 2 aromatic rings. The summed E-state index contributed by atoms with van der Waals surface area (Å²) < 4.78 is 39.8. The van der Waals surface area contributed by atoms with E-state index in [9.17, 15) is 17.6 Å². The molecule has 0 bridgehead atoms. The van der Waals surface area contributed by atoms with Gasteiger partial charge in [0.15, 0.2) is 0 Å². The normalized spacial score (nSPS) is 18.2. The molecule has 1 saturated heterocycles. The summed E-state index contributed by atoms with van der Waals surface area (Å²) in [6.07, 6.45) is 2.59. The maximum Gasteiger partial charge on any atom is 0.243 e. The van der Waals surface area contributed by atoms with Crippen LogP contribution in [0.3, 0.4) is 0 Å². The van der Waals surface area contributed by atoms with E-state index < -0.39 is 27.8 Å². The molecule has 1 fully saturated rings. The molecular formula is C17H18FN3O3S. The predicted octanol–water partition coefficient (Wildman–Crippen LogP) is 2.32. The van der Waals surface area contributed by atoms with Gasteiger partial charge < -0.3 is 5.32 Å². The lowest BCUT2D eigenvalue weighted by Gasteiger charge is -2.23. The summed E-state index contributed by atoms with van der Waals surface area (Å²) in [5.41, 5.74) is 0.938. The first kappa shape index (κ1) is 17.5. The van der Waals surface area contributed by atoms with Gasteiger partial charge in [-0.15, -0.1) is 0 Å². The minimum Gasteiger partial charge on any atom is -0.309 e. The second kappa shape index (κ2) is 6.89. The SMILES string of the molecule is Cc1ccnc(NC(=O)C2CCCN2S(=O)(=O)c2ccc(F)cc2)c1. The lowest BCUT2D eigenvalue weighted by atomic mass is 10.2. The lowest BCUT2D eigenvalue weighted by molar-refractivity contribution is -0.119. The van der Waals surface area contributed by atoms with Crippen LogP contribution in [0.5, 0.6) is 0 Å². The summed E-state index contributed by atoms with van der Waals surface area (Å²) >= 11 is 0. The molecule has 0 aliphatic carbocycles. The van der Waals surface area contributed by atoms with Gasteiger partial charge in [0.2, 0.25) is 15.9 Å². The van der Waals surface area contributed by atoms with Gasteiger partial charge in [0.25, 0.3) is 0 Å². The van der Waals surface area contributed by atoms with E-state index in [1.165, 1.54) is 16.4 Å². The zero-order valence-corrected chi connectivity index (χ0v) is 14.5. The Morgan fingerprint density at radius 1 is 1.28 bits per heavy atom. The third kappa shape index (κ3) is 3.69. The zero-order valence-electron chi connectivity index (χ0n) is 13.6. The molecule has 0 spiro atoms. The quantitative estimate of drug-likeness (QED) is 0.904. The lowest BCUT2D eigenvalue weighted by Crippen LogP contribution is -2.43. The fourth-order valence-corrected chi connectivity index (χ4v) is 4.50. The van der Waals surface area contributed by atoms with Gasteiger partial charge in [0.1, 0.15) is 17.7 Å². The average Bonchev–Trinajstić information content (AvgIpc) is 3.06. The number of aromatic nitrogens is 1. The number of halogens is 1. The van der Waals surface area contributed by atoms with Gasteiger partial charge >= 0.3 is 0 Å². The molecule has 1 unspecified atom stereocenters. The van der Waals surface area contributed by atoms with E-state index in [1.54, 1.807) is 18.3 Å². The van der Waals surface area contributed by atoms with E-state index in [4.69, 9.17) is 0 Å². The van der Waals surface area contributed by atoms with Gasteiger partial charge in [0, 0.05) is 12.7 Å². The van der Waals surface area contributed by atoms with Gasteiger partial charge in [-0.1, -0.05) is 0 Å². The Kier molecular flexibility index (Phi) is 4.82. The summed E-state index contributed by atoms with van der Waals surface area (Å²) in [5, 5.41) is 2.67. The number of amides is 1. The second-order valence-corrected chi connectivity index (χ2v) is 7.83. The standard InChI is InChI=1S/C17H18FN3O3S/c1-12-8-9-19-16(11-12)20-17(22)15-3-2-10-21(15)25(23,24)14-6-4-13(18)5-7-14/h4-9,11,15H,2-3,10H2,1H3,(H,19,20,22). The number of hydrogen-bond donors (Lipinski definition) is 1. The van der Waals surface area contributed by atoms with Crippen molar-refractivity contribution >= 4 is 21.7 Å². The van der Waals surface area contributed by atoms with E-state index in [0.717, 1.165) is 17.7 Å². The number of nitrogens with one attached hydrogen (secondary N) is 1. The van der Waals surface area contributed by atoms with Crippen LogP contribution in [0.2, 0.25) is 0 Å². The molecule has 6 nitrogen and oxygen atoms in total. The Bertz CT molecular complexity index is 884. The van der Waals surface area contributed by atoms with Crippen molar-refractivity contribution in [1.29, 1.82) is 0 Å². The largest absolute Gasteiger partial charge is 0.309 e. The molecular weight excluding hydrogens is 345 g/mol. The minimum atomic E-state index is -3.86. The maximum absolute atomic E-state index is 13.1. The first-order valence-corrected chi connectivity index (χ1v) is 9.33. The summed E-state index contributed by atoms with van der Waals surface area (Å²) in [6, 6.07) is 7.31. The molecule has 1 N–H and O–H groups in total. The smallest absolute Gasteiger partial charge is 0.243 e. The highest BCUT2D eigenvalue weighted by atomic mass is 32.2. The van der Waals surface area contributed by atoms with Crippen molar-refractivity contribution in [3.8, 4) is 0 Å². The van der Waals surface area contributed by atoms with Crippen LogP contribution in [-0.2, 0) is 14.8 Å². The topological polar surface area (TPSA) is 79.4 Å². The number of rotatable bonds is 4. The summed E-state index contributed by atoms with van der Waals surface area (Å²) in [7, 11) is -3.86. The van der Waals surface area contributed by atoms with Crippen molar-refractivity contribution in [2.75, 3.05) is 11.9 Å². The highest BCUT2D eigenvalue weighted by molar-refractivity contribution is 7.89. The molecule has 8 heteroatoms. The van der Waals surface area contributed by atoms with Crippen molar-refractivity contribution in [2.24, 2.45) is 0 Å². The van der Waals surface area contributed by atoms with Crippen LogP contribution in [0.1, 0.15) is 18.4 Å². The highest BCUT2D eigenvalue weighted by Crippen LogP contribution is 2.27. The summed E-state index contributed by atoms with van der Waals surface area (Å²) in [5.74, 6) is -0.544. The van der Waals surface area contributed by atoms with Crippen LogP contribution in [0.4, 0.5) is 10.2 Å². The number of carbonyl (C=O) groups excluding carboxylic acids is 1. The van der Waals surface area contributed by atoms with Gasteiger partial charge in [0.05, 0.1) is 4.90 Å². The van der Waals surface area contributed by atoms with Crippen LogP contribution in [0.25, 0.3) is 0 Å². The van der Waals surface area contributed by atoms with E-state index in [-0.39, 0.29) is 11.4 Å². The number of pyridine rings is 1. The molecule has 0 saturated carbocycles. The van der Waals surface area contributed by atoms with Crippen molar-refractivity contribution in [3.63, 3.8) is 0 Å². The molecule has 25 heavy (non-hydrogen) atoms. The highest BCUT2D eigenvalue weighted by Gasteiger charge is 2.39. The Morgan fingerprint density at radius 3 is 2.68 bits per heavy atom. The van der Waals surface area contributed by atoms with Crippen LogP contribution in [0.15, 0.2) is 47.5 Å². The predicted molar refractivity (Wildman–Crippen MR) is 90.9 cm³/mol. The molecule has 3 rings (SSSR count). The van der Waals surface area contributed by atoms with Crippen LogP contribution >= 0.6 is 0 Å². The minimum absolute atomic E-state index is 0.0257. The molecule has 0 radical (unpaired) electrons. The fourth-order valence-electron chi connectivity index (χ4n) is 2.85. The average molecular weight is 363 g/mol. The first-order chi connectivity index (χ1) is 11.9. The Morgan fingerprint density at radius 2 is 2.00 bits per heavy atom. The number of hydrogen-bond acceptors (Lipinski definition) is 4. The van der Waals surface area contributed by atoms with E-state index in [1.807, 2.05) is 6.92 Å². The third-order valence-electron chi connectivity index (χ3n) is 4.09. The van der Waals surface area contributed by atoms with Crippen molar-refractivity contribution < 1.29 is 17.6 Å². The van der Waals surface area contributed by atoms with Gasteiger partial charge in [-0.25, -0.2) is 17.8 Å². The fraction of sp³-hybridized carbons (Fsp3) is 0.294. The molecule has 1 amide bonds. The summed E-state index contributed by atoms with van der Waals surface area (Å²) in [6.45, 7) is 2.12. The molecule has 2 heterocycles. The number of aryl methyl sites for hydroxylation is 1. The van der Waals surface area contributed by atoms with E-state index in [0.29, 0.717) is 18.7 Å². The number of nitrogens with zero attached hydrogens (tertiary/aromatic N) is 2. The zero-order chi connectivity index (χ0) is 18.0. The van der Waals surface area contributed by atoms with Crippen LogP contribution in [0, 0.1) is 12.7 Å². The summed E-state index contributed by atoms with van der Waals surface area (Å²) in [4.78, 5) is 16.6. The van der Waals surface area contributed by atoms with Crippen molar-refractivity contribution in [1.82, 2.24) is 9.29 Å². The molecule has 1 aromatic carbocycles. The van der Waals surface area contributed by atoms with Crippen molar-refractivity contribution in [3.05, 3.63) is 54.0 Å². The van der Waals surface area contributed by atoms with Crippen LogP contribution < -0.4 is 5.32 Å². The van der Waals surface area contributed by atoms with Gasteiger partial charge in [-0.3, -0.25) is 4.79 Å². The van der Waals surface area contributed by atoms with Gasteiger partial charge in [-0.05, 0) is 61.7 Å². The van der Waals surface area contributed by atoms with Gasteiger partial charge in [-0.2, -0.15) is 4.31 Å². The molecule has 1 aromatic heterocycles. The second-order valence-electron chi connectivity index (χ2n) is 5.94. The maximum atomic E-state index is 13.1. The molecule has 132 valence electrons. The number of carbonyl (C=O) groups is 1. The molecule has 1 aliphatic rings. The number of anilines is 1. The first-order valence-electron chi connectivity index (χ1n) is 7.89. The Balaban J connectivity index is 1.82. The number of benzene rings is 1. The molecule has 1 aliphatic heterocycles. The molecule has 1 atom stereocenters.